The number of carbonyl (C=O) groups excluding carboxylic acids is 1. The summed E-state index contributed by atoms with van der Waals surface area (Å²) in [6.45, 7) is 2.51. The highest BCUT2D eigenvalue weighted by Crippen LogP contribution is 2.21. The number of benzene rings is 2. The lowest BCUT2D eigenvalue weighted by Gasteiger charge is -2.30. The average molecular weight is 387 g/mol. The molecule has 148 valence electrons. The van der Waals surface area contributed by atoms with Gasteiger partial charge in [0.25, 0.3) is 5.91 Å². The Balaban J connectivity index is 1.35. The zero-order valence-corrected chi connectivity index (χ0v) is 16.3. The van der Waals surface area contributed by atoms with E-state index in [1.165, 1.54) is 11.1 Å². The number of hydrogen-bond donors (Lipinski definition) is 2. The van der Waals surface area contributed by atoms with E-state index in [4.69, 9.17) is 0 Å². The molecule has 1 aliphatic rings. The molecule has 0 aliphatic carbocycles. The number of aliphatic hydroxyl groups is 1. The normalized spacial score (nSPS) is 14.8. The maximum Gasteiger partial charge on any atom is 0.252 e. The van der Waals surface area contributed by atoms with E-state index in [-0.39, 0.29) is 12.5 Å². The minimum absolute atomic E-state index is 0.200. The van der Waals surface area contributed by atoms with Gasteiger partial charge in [0.15, 0.2) is 0 Å². The Morgan fingerprint density at radius 1 is 1.03 bits per heavy atom. The van der Waals surface area contributed by atoms with Crippen molar-refractivity contribution in [1.82, 2.24) is 15.2 Å². The molecule has 5 heteroatoms. The second-order valence-corrected chi connectivity index (χ2v) is 7.38. The number of amides is 1. The fraction of sp³-hybridized carbons (Fsp3) is 0.250. The molecule has 1 atom stereocenters. The van der Waals surface area contributed by atoms with E-state index in [0.717, 1.165) is 30.8 Å². The number of carbonyl (C=O) groups is 1. The summed E-state index contributed by atoms with van der Waals surface area (Å²) in [5, 5.41) is 13.3. The summed E-state index contributed by atoms with van der Waals surface area (Å²) < 4.78 is 0. The predicted molar refractivity (Wildman–Crippen MR) is 113 cm³/mol. The lowest BCUT2D eigenvalue weighted by molar-refractivity contribution is 0.0842. The summed E-state index contributed by atoms with van der Waals surface area (Å²) in [6.07, 6.45) is 2.09. The SMILES string of the molecule is O=C(NCC(O)CN1CCc2ccccc2C1)c1ccccc1-c1ccccn1. The highest BCUT2D eigenvalue weighted by molar-refractivity contribution is 6.00. The number of β-amino-alcohol motifs (C(OH)–C–C–N with tert-alkyl or cyclic N) is 1. The molecule has 0 radical (unpaired) electrons. The minimum atomic E-state index is -0.619. The second kappa shape index (κ2) is 8.99. The lowest BCUT2D eigenvalue weighted by atomic mass is 10.00. The Bertz CT molecular complexity index is 975. The highest BCUT2D eigenvalue weighted by atomic mass is 16.3. The van der Waals surface area contributed by atoms with Crippen molar-refractivity contribution in [1.29, 1.82) is 0 Å². The first kappa shape index (κ1) is 19.3. The van der Waals surface area contributed by atoms with E-state index in [1.54, 1.807) is 12.3 Å². The fourth-order valence-corrected chi connectivity index (χ4v) is 3.80. The summed E-state index contributed by atoms with van der Waals surface area (Å²) in [5.41, 5.74) is 4.81. The van der Waals surface area contributed by atoms with Crippen LogP contribution in [0.15, 0.2) is 72.9 Å². The Kier molecular flexibility index (Phi) is 5.98. The number of hydrogen-bond acceptors (Lipinski definition) is 4. The van der Waals surface area contributed by atoms with E-state index < -0.39 is 6.10 Å². The molecule has 1 unspecified atom stereocenters. The molecule has 1 aromatic heterocycles. The van der Waals surface area contributed by atoms with Crippen molar-refractivity contribution in [3.05, 3.63) is 89.6 Å². The topological polar surface area (TPSA) is 65.5 Å². The van der Waals surface area contributed by atoms with E-state index >= 15 is 0 Å². The molecule has 5 nitrogen and oxygen atoms in total. The molecule has 1 amide bonds. The van der Waals surface area contributed by atoms with E-state index in [9.17, 15) is 9.90 Å². The minimum Gasteiger partial charge on any atom is -0.390 e. The molecule has 29 heavy (non-hydrogen) atoms. The van der Waals surface area contributed by atoms with Crippen LogP contribution in [0.25, 0.3) is 11.3 Å². The molecule has 2 N–H and O–H groups in total. The first-order valence-electron chi connectivity index (χ1n) is 9.96. The van der Waals surface area contributed by atoms with E-state index in [2.05, 4.69) is 39.5 Å². The van der Waals surface area contributed by atoms with Gasteiger partial charge in [-0.05, 0) is 35.7 Å². The summed E-state index contributed by atoms with van der Waals surface area (Å²) in [7, 11) is 0. The number of pyridine rings is 1. The van der Waals surface area contributed by atoms with Crippen molar-refractivity contribution in [2.45, 2.75) is 19.1 Å². The zero-order valence-electron chi connectivity index (χ0n) is 16.3. The van der Waals surface area contributed by atoms with Gasteiger partial charge in [-0.2, -0.15) is 0 Å². The van der Waals surface area contributed by atoms with Crippen LogP contribution in [-0.4, -0.2) is 46.6 Å². The first-order chi connectivity index (χ1) is 14.2. The quantitative estimate of drug-likeness (QED) is 0.683. The number of aliphatic hydroxyl groups excluding tert-OH is 1. The van der Waals surface area contributed by atoms with Crippen molar-refractivity contribution in [3.63, 3.8) is 0 Å². The van der Waals surface area contributed by atoms with Crippen LogP contribution in [0.4, 0.5) is 0 Å². The monoisotopic (exact) mass is 387 g/mol. The third-order valence-electron chi connectivity index (χ3n) is 5.29. The number of rotatable bonds is 6. The zero-order chi connectivity index (χ0) is 20.1. The van der Waals surface area contributed by atoms with Gasteiger partial charge >= 0.3 is 0 Å². The van der Waals surface area contributed by atoms with Crippen LogP contribution in [0.1, 0.15) is 21.5 Å². The maximum absolute atomic E-state index is 12.7. The molecule has 0 saturated carbocycles. The molecular formula is C24H25N3O2. The Morgan fingerprint density at radius 3 is 2.62 bits per heavy atom. The van der Waals surface area contributed by atoms with Gasteiger partial charge in [0.2, 0.25) is 0 Å². The highest BCUT2D eigenvalue weighted by Gasteiger charge is 2.19. The summed E-state index contributed by atoms with van der Waals surface area (Å²) in [5.74, 6) is -0.200. The first-order valence-corrected chi connectivity index (χ1v) is 9.96. The van der Waals surface area contributed by atoms with Gasteiger partial charge in [-0.3, -0.25) is 14.7 Å². The summed E-state index contributed by atoms with van der Waals surface area (Å²) in [6, 6.07) is 21.5. The van der Waals surface area contributed by atoms with Gasteiger partial charge in [-0.1, -0.05) is 48.5 Å². The largest absolute Gasteiger partial charge is 0.390 e. The van der Waals surface area contributed by atoms with Crippen LogP contribution in [0.3, 0.4) is 0 Å². The van der Waals surface area contributed by atoms with Crippen molar-refractivity contribution in [2.75, 3.05) is 19.6 Å². The van der Waals surface area contributed by atoms with Gasteiger partial charge in [0.1, 0.15) is 0 Å². The third kappa shape index (κ3) is 4.70. The molecule has 0 spiro atoms. The van der Waals surface area contributed by atoms with E-state index in [0.29, 0.717) is 12.1 Å². The van der Waals surface area contributed by atoms with Crippen LogP contribution < -0.4 is 5.32 Å². The van der Waals surface area contributed by atoms with Crippen molar-refractivity contribution < 1.29 is 9.90 Å². The summed E-state index contributed by atoms with van der Waals surface area (Å²) in [4.78, 5) is 19.3. The van der Waals surface area contributed by atoms with Gasteiger partial charge < -0.3 is 10.4 Å². The number of nitrogens with one attached hydrogen (secondary N) is 1. The van der Waals surface area contributed by atoms with Crippen molar-refractivity contribution in [2.24, 2.45) is 0 Å². The smallest absolute Gasteiger partial charge is 0.252 e. The molecule has 4 rings (SSSR count). The van der Waals surface area contributed by atoms with E-state index in [1.807, 2.05) is 36.4 Å². The van der Waals surface area contributed by atoms with Gasteiger partial charge in [0, 0.05) is 43.5 Å². The predicted octanol–water partition coefficient (Wildman–Crippen LogP) is 2.90. The van der Waals surface area contributed by atoms with Crippen LogP contribution in [0.2, 0.25) is 0 Å². The van der Waals surface area contributed by atoms with Crippen LogP contribution in [0, 0.1) is 0 Å². The fourth-order valence-electron chi connectivity index (χ4n) is 3.80. The number of nitrogens with zero attached hydrogens (tertiary/aromatic N) is 2. The molecule has 3 aromatic rings. The van der Waals surface area contributed by atoms with Crippen molar-refractivity contribution >= 4 is 5.91 Å². The standard InChI is InChI=1S/C24H25N3O2/c28-20(17-27-14-12-18-7-1-2-8-19(18)16-27)15-26-24(29)22-10-4-3-9-21(22)23-11-5-6-13-25-23/h1-11,13,20,28H,12,14-17H2,(H,26,29). The average Bonchev–Trinajstić information content (AvgIpc) is 2.78. The van der Waals surface area contributed by atoms with Crippen LogP contribution in [-0.2, 0) is 13.0 Å². The maximum atomic E-state index is 12.7. The second-order valence-electron chi connectivity index (χ2n) is 7.38. The van der Waals surface area contributed by atoms with Crippen molar-refractivity contribution in [3.8, 4) is 11.3 Å². The molecule has 0 saturated heterocycles. The Morgan fingerprint density at radius 2 is 1.79 bits per heavy atom. The van der Waals surface area contributed by atoms with Gasteiger partial charge in [0.05, 0.1) is 11.8 Å². The lowest BCUT2D eigenvalue weighted by Crippen LogP contribution is -2.42. The van der Waals surface area contributed by atoms with Crippen LogP contribution >= 0.6 is 0 Å². The van der Waals surface area contributed by atoms with Crippen LogP contribution in [0.5, 0.6) is 0 Å². The van der Waals surface area contributed by atoms with Gasteiger partial charge in [-0.15, -0.1) is 0 Å². The third-order valence-corrected chi connectivity index (χ3v) is 5.29. The summed E-state index contributed by atoms with van der Waals surface area (Å²) >= 11 is 0. The Labute approximate surface area is 171 Å². The Hall–Kier alpha value is -3.02. The molecule has 2 heterocycles. The molecule has 0 bridgehead atoms. The molecule has 2 aromatic carbocycles. The van der Waals surface area contributed by atoms with Gasteiger partial charge in [-0.25, -0.2) is 0 Å². The number of fused-ring (bicyclic) bond motifs is 1. The molecular weight excluding hydrogens is 362 g/mol. The molecule has 1 aliphatic heterocycles. The number of aromatic nitrogens is 1. The molecule has 0 fully saturated rings.